The van der Waals surface area contributed by atoms with E-state index in [0.717, 1.165) is 0 Å². The molecule has 4 nitrogen and oxygen atoms in total. The van der Waals surface area contributed by atoms with E-state index in [1.807, 2.05) is 0 Å². The standard InChI is InChI=1S/2C18H37.C2H2O4.Sn/c2*1-3-5-7-9-11-13-15-17-18-16-14-12-10-8-6-4-2;3-1(4)2(5)6;/h2*1,3-18H2,2H3;(H,3,4)(H,5,6);. The zero-order valence-electron chi connectivity index (χ0n) is 29.3. The van der Waals surface area contributed by atoms with Crippen molar-refractivity contribution in [3.05, 3.63) is 0 Å². The molecule has 0 bridgehead atoms. The second-order valence-electron chi connectivity index (χ2n) is 13.0. The fourth-order valence-corrected chi connectivity index (χ4v) is 9.29. The van der Waals surface area contributed by atoms with E-state index < -0.39 is 11.9 Å². The van der Waals surface area contributed by atoms with E-state index in [2.05, 4.69) is 13.8 Å². The van der Waals surface area contributed by atoms with Crippen LogP contribution in [-0.4, -0.2) is 43.3 Å². The number of carbonyl (C=O) groups is 2. The molecule has 5 heteroatoms. The van der Waals surface area contributed by atoms with Gasteiger partial charge >= 0.3 is 183 Å². The first-order valence-corrected chi connectivity index (χ1v) is 23.3. The minimum Gasteiger partial charge on any atom is -0.473 e. The quantitative estimate of drug-likeness (QED) is 0.0395. The van der Waals surface area contributed by atoms with Crippen molar-refractivity contribution in [3.63, 3.8) is 0 Å². The van der Waals surface area contributed by atoms with Crippen LogP contribution in [0.1, 0.15) is 219 Å². The van der Waals surface area contributed by atoms with Gasteiger partial charge in [0.2, 0.25) is 0 Å². The molecule has 0 saturated carbocycles. The van der Waals surface area contributed by atoms with Crippen LogP contribution >= 0.6 is 0 Å². The molecule has 0 aliphatic carbocycles. The van der Waals surface area contributed by atoms with Crippen LogP contribution in [0.25, 0.3) is 0 Å². The van der Waals surface area contributed by atoms with Gasteiger partial charge in [-0.1, -0.05) is 78.1 Å². The first kappa shape index (κ1) is 44.9. The molecule has 0 saturated heterocycles. The van der Waals surface area contributed by atoms with Gasteiger partial charge in [-0.25, -0.2) is 9.59 Å². The van der Waals surface area contributed by atoms with Gasteiger partial charge in [0.05, 0.1) is 0 Å². The smallest absolute Gasteiger partial charge is 0.473 e. The molecule has 0 aromatic rings. The van der Waals surface area contributed by atoms with Crippen LogP contribution in [0.3, 0.4) is 0 Å². The van der Waals surface area contributed by atoms with Crippen LogP contribution in [0.2, 0.25) is 8.87 Å². The van der Waals surface area contributed by atoms with Crippen LogP contribution in [0.15, 0.2) is 0 Å². The SMILES string of the molecule is CCCCCCCCCCCCCCCCC[CH2][Sn][CH2]CCCCCCCCCCCCCCCCC.O=C(O)C(=O)O. The van der Waals surface area contributed by atoms with Gasteiger partial charge in [0.1, 0.15) is 0 Å². The summed E-state index contributed by atoms with van der Waals surface area (Å²) < 4.78 is 3.33. The summed E-state index contributed by atoms with van der Waals surface area (Å²) in [7, 11) is 0. The zero-order chi connectivity index (χ0) is 31.9. The normalized spacial score (nSPS) is 10.9. The Bertz CT molecular complexity index is 494. The van der Waals surface area contributed by atoms with E-state index in [-0.39, 0.29) is 21.1 Å². The van der Waals surface area contributed by atoms with E-state index in [0.29, 0.717) is 0 Å². The number of carboxylic acid groups (broad SMARTS) is 2. The molecular weight excluding hydrogens is 639 g/mol. The summed E-state index contributed by atoms with van der Waals surface area (Å²) in [5, 5.41) is 14.8. The molecule has 2 N–H and O–H groups in total. The molecule has 0 fully saturated rings. The zero-order valence-corrected chi connectivity index (χ0v) is 32.1. The van der Waals surface area contributed by atoms with Gasteiger partial charge in [-0.15, -0.1) is 0 Å². The molecule has 0 aromatic carbocycles. The summed E-state index contributed by atoms with van der Waals surface area (Å²) in [6, 6.07) is 0. The van der Waals surface area contributed by atoms with Crippen molar-refractivity contribution in [2.75, 3.05) is 0 Å². The van der Waals surface area contributed by atoms with Crippen molar-refractivity contribution in [2.45, 2.75) is 228 Å². The molecule has 256 valence electrons. The third kappa shape index (κ3) is 46.3. The maximum atomic E-state index is 9.10. The summed E-state index contributed by atoms with van der Waals surface area (Å²) in [5.74, 6) is -3.65. The average molecular weight is 716 g/mol. The van der Waals surface area contributed by atoms with Crippen molar-refractivity contribution in [1.29, 1.82) is 0 Å². The molecule has 0 aliphatic rings. The Balaban J connectivity index is 0. The third-order valence-electron chi connectivity index (χ3n) is 8.60. The monoisotopic (exact) mass is 716 g/mol. The van der Waals surface area contributed by atoms with Crippen LogP contribution in [0, 0.1) is 0 Å². The van der Waals surface area contributed by atoms with Crippen molar-refractivity contribution in [1.82, 2.24) is 0 Å². The Morgan fingerprint density at radius 3 is 0.651 bits per heavy atom. The summed E-state index contributed by atoms with van der Waals surface area (Å²) >= 11 is 0.00985. The van der Waals surface area contributed by atoms with Gasteiger partial charge in [-0.05, 0) is 0 Å². The molecule has 0 rings (SSSR count). The molecule has 0 unspecified atom stereocenters. The van der Waals surface area contributed by atoms with Crippen LogP contribution < -0.4 is 0 Å². The third-order valence-corrected chi connectivity index (χ3v) is 12.6. The van der Waals surface area contributed by atoms with Gasteiger partial charge in [-0.3, -0.25) is 0 Å². The Kier molecular flexibility index (Phi) is 43.5. The molecule has 0 aromatic heterocycles. The minimum atomic E-state index is -1.82. The van der Waals surface area contributed by atoms with E-state index in [9.17, 15) is 0 Å². The fourth-order valence-electron chi connectivity index (χ4n) is 5.72. The van der Waals surface area contributed by atoms with E-state index in [4.69, 9.17) is 19.8 Å². The molecule has 0 amide bonds. The molecule has 0 spiro atoms. The molecule has 2 radical (unpaired) electrons. The summed E-state index contributed by atoms with van der Waals surface area (Å²) in [6.45, 7) is 4.62. The Morgan fingerprint density at radius 1 is 0.326 bits per heavy atom. The van der Waals surface area contributed by atoms with Gasteiger partial charge in [0.15, 0.2) is 0 Å². The van der Waals surface area contributed by atoms with E-state index in [1.54, 1.807) is 21.7 Å². The number of hydrogen-bond donors (Lipinski definition) is 2. The fraction of sp³-hybridized carbons (Fsp3) is 0.947. The van der Waals surface area contributed by atoms with Crippen molar-refractivity contribution >= 4 is 33.1 Å². The first-order valence-electron chi connectivity index (χ1n) is 19.2. The summed E-state index contributed by atoms with van der Waals surface area (Å²) in [5.41, 5.74) is 0. The topological polar surface area (TPSA) is 74.6 Å². The Hall–Kier alpha value is -0.261. The number of rotatable bonds is 34. The Labute approximate surface area is 280 Å². The molecule has 0 atom stereocenters. The number of hydrogen-bond acceptors (Lipinski definition) is 2. The summed E-state index contributed by atoms with van der Waals surface area (Å²) in [6.07, 6.45) is 47.9. The average Bonchev–Trinajstić information content (AvgIpc) is 2.99. The van der Waals surface area contributed by atoms with Crippen molar-refractivity contribution in [2.24, 2.45) is 0 Å². The van der Waals surface area contributed by atoms with E-state index >= 15 is 0 Å². The van der Waals surface area contributed by atoms with Gasteiger partial charge in [0, 0.05) is 0 Å². The van der Waals surface area contributed by atoms with Crippen molar-refractivity contribution < 1.29 is 19.8 Å². The van der Waals surface area contributed by atoms with Gasteiger partial charge < -0.3 is 10.2 Å². The second kappa shape index (κ2) is 41.7. The van der Waals surface area contributed by atoms with Crippen LogP contribution in [0.4, 0.5) is 0 Å². The predicted molar refractivity (Wildman–Crippen MR) is 190 cm³/mol. The van der Waals surface area contributed by atoms with Gasteiger partial charge in [0.25, 0.3) is 0 Å². The summed E-state index contributed by atoms with van der Waals surface area (Å²) in [4.78, 5) is 18.2. The molecule has 0 heterocycles. The molecule has 0 aliphatic heterocycles. The minimum absolute atomic E-state index is 0.00985. The van der Waals surface area contributed by atoms with E-state index in [1.165, 1.54) is 193 Å². The second-order valence-corrected chi connectivity index (χ2v) is 17.2. The number of aliphatic carboxylic acids is 2. The number of unbranched alkanes of at least 4 members (excludes halogenated alkanes) is 30. The van der Waals surface area contributed by atoms with Crippen LogP contribution in [0.5, 0.6) is 0 Å². The predicted octanol–water partition coefficient (Wildman–Crippen LogP) is 13.2. The number of carboxylic acids is 2. The maximum absolute atomic E-state index is 9.10. The van der Waals surface area contributed by atoms with Gasteiger partial charge in [-0.2, -0.15) is 0 Å². The molecular formula is C38H76O4Sn. The van der Waals surface area contributed by atoms with Crippen LogP contribution in [-0.2, 0) is 9.59 Å². The molecule has 43 heavy (non-hydrogen) atoms. The first-order chi connectivity index (χ1) is 21.1. The Morgan fingerprint density at radius 2 is 0.488 bits per heavy atom. The van der Waals surface area contributed by atoms with Crippen molar-refractivity contribution in [3.8, 4) is 0 Å².